The molecular formula is C12H16BrN5. The fourth-order valence-electron chi connectivity index (χ4n) is 2.23. The first-order valence-electron chi connectivity index (χ1n) is 6.08. The summed E-state index contributed by atoms with van der Waals surface area (Å²) in [6, 6.07) is 4.21. The van der Waals surface area contributed by atoms with Crippen molar-refractivity contribution < 1.29 is 0 Å². The van der Waals surface area contributed by atoms with Gasteiger partial charge in [-0.3, -0.25) is 4.99 Å². The standard InChI is InChI=1S/C12H16BrN5/c1-18-7-6-14-11-9(18)3-2-8(10(11)13)17-12-15-4-5-16-12/h2-3,14H,4-7H2,1H3,(H2,15,16,17). The molecule has 0 aromatic heterocycles. The molecule has 2 aliphatic heterocycles. The molecule has 1 aromatic carbocycles. The number of rotatable bonds is 1. The summed E-state index contributed by atoms with van der Waals surface area (Å²) in [7, 11) is 2.11. The van der Waals surface area contributed by atoms with E-state index in [1.807, 2.05) is 0 Å². The molecule has 0 radical (unpaired) electrons. The van der Waals surface area contributed by atoms with Crippen LogP contribution in [0.25, 0.3) is 0 Å². The first-order valence-corrected chi connectivity index (χ1v) is 6.88. The van der Waals surface area contributed by atoms with E-state index in [1.54, 1.807) is 0 Å². The first-order chi connectivity index (χ1) is 8.75. The number of hydrogen-bond acceptors (Lipinski definition) is 5. The number of nitrogens with one attached hydrogen (secondary N) is 3. The number of nitrogens with zero attached hydrogens (tertiary/aromatic N) is 2. The minimum atomic E-state index is 0.839. The Hall–Kier alpha value is -1.43. The molecule has 18 heavy (non-hydrogen) atoms. The highest BCUT2D eigenvalue weighted by molar-refractivity contribution is 9.10. The lowest BCUT2D eigenvalue weighted by atomic mass is 10.2. The van der Waals surface area contributed by atoms with Crippen LogP contribution in [0.15, 0.2) is 21.6 Å². The van der Waals surface area contributed by atoms with Gasteiger partial charge in [0.2, 0.25) is 0 Å². The van der Waals surface area contributed by atoms with Crippen LogP contribution in [0.1, 0.15) is 0 Å². The normalized spacial score (nSPS) is 17.7. The minimum Gasteiger partial charge on any atom is -0.381 e. The zero-order chi connectivity index (χ0) is 12.5. The molecule has 2 heterocycles. The molecule has 0 aliphatic carbocycles. The van der Waals surface area contributed by atoms with Gasteiger partial charge in [0.15, 0.2) is 5.96 Å². The van der Waals surface area contributed by atoms with Crippen molar-refractivity contribution in [2.45, 2.75) is 0 Å². The highest BCUT2D eigenvalue weighted by Crippen LogP contribution is 2.39. The minimum absolute atomic E-state index is 0.839. The van der Waals surface area contributed by atoms with Crippen LogP contribution < -0.4 is 20.9 Å². The summed E-state index contributed by atoms with van der Waals surface area (Å²) in [5.74, 6) is 0.847. The van der Waals surface area contributed by atoms with Crippen LogP contribution in [0.2, 0.25) is 0 Å². The second kappa shape index (κ2) is 4.68. The summed E-state index contributed by atoms with van der Waals surface area (Å²) < 4.78 is 1.06. The lowest BCUT2D eigenvalue weighted by Gasteiger charge is -2.30. The van der Waals surface area contributed by atoms with Crippen molar-refractivity contribution in [3.8, 4) is 0 Å². The van der Waals surface area contributed by atoms with Gasteiger partial charge in [-0.1, -0.05) is 0 Å². The van der Waals surface area contributed by atoms with Crippen molar-refractivity contribution in [2.24, 2.45) is 4.99 Å². The molecule has 0 fully saturated rings. The molecule has 0 bridgehead atoms. The van der Waals surface area contributed by atoms with Crippen LogP contribution in [0.3, 0.4) is 0 Å². The third-order valence-electron chi connectivity index (χ3n) is 3.21. The smallest absolute Gasteiger partial charge is 0.195 e. The van der Waals surface area contributed by atoms with Crippen molar-refractivity contribution in [1.82, 2.24) is 5.32 Å². The molecule has 0 saturated heterocycles. The maximum Gasteiger partial charge on any atom is 0.195 e. The van der Waals surface area contributed by atoms with Gasteiger partial charge in [-0.15, -0.1) is 0 Å². The lowest BCUT2D eigenvalue weighted by molar-refractivity contribution is 0.886. The number of aliphatic imine (C=N–C) groups is 1. The molecule has 0 saturated carbocycles. The summed E-state index contributed by atoms with van der Waals surface area (Å²) in [5, 5.41) is 9.95. The number of anilines is 3. The Morgan fingerprint density at radius 1 is 1.33 bits per heavy atom. The maximum absolute atomic E-state index is 4.34. The van der Waals surface area contributed by atoms with Gasteiger partial charge in [0.05, 0.1) is 28.1 Å². The predicted octanol–water partition coefficient (Wildman–Crippen LogP) is 1.68. The van der Waals surface area contributed by atoms with Crippen LogP contribution in [0.5, 0.6) is 0 Å². The number of hydrogen-bond donors (Lipinski definition) is 3. The third kappa shape index (κ3) is 2.01. The van der Waals surface area contributed by atoms with Crippen molar-refractivity contribution in [1.29, 1.82) is 0 Å². The quantitative estimate of drug-likeness (QED) is 0.739. The molecular weight excluding hydrogens is 294 g/mol. The predicted molar refractivity (Wildman–Crippen MR) is 79.8 cm³/mol. The van der Waals surface area contributed by atoms with Crippen LogP contribution >= 0.6 is 15.9 Å². The van der Waals surface area contributed by atoms with E-state index in [1.165, 1.54) is 5.69 Å². The van der Waals surface area contributed by atoms with Gasteiger partial charge < -0.3 is 20.9 Å². The first kappa shape index (κ1) is 11.6. The average molecular weight is 310 g/mol. The molecule has 0 amide bonds. The second-order valence-electron chi connectivity index (χ2n) is 4.45. The van der Waals surface area contributed by atoms with E-state index >= 15 is 0 Å². The fourth-order valence-corrected chi connectivity index (χ4v) is 2.80. The van der Waals surface area contributed by atoms with E-state index in [0.29, 0.717) is 0 Å². The molecule has 1 aromatic rings. The topological polar surface area (TPSA) is 51.7 Å². The van der Waals surface area contributed by atoms with Crippen molar-refractivity contribution >= 4 is 39.0 Å². The Bertz CT molecular complexity index is 499. The van der Waals surface area contributed by atoms with Gasteiger partial charge in [0.1, 0.15) is 0 Å². The fraction of sp³-hybridized carbons (Fsp3) is 0.417. The van der Waals surface area contributed by atoms with Crippen molar-refractivity contribution in [3.63, 3.8) is 0 Å². The molecule has 0 atom stereocenters. The molecule has 2 aliphatic rings. The van der Waals surface area contributed by atoms with Gasteiger partial charge in [-0.25, -0.2) is 0 Å². The van der Waals surface area contributed by atoms with Gasteiger partial charge >= 0.3 is 0 Å². The van der Waals surface area contributed by atoms with Crippen LogP contribution in [0.4, 0.5) is 17.1 Å². The lowest BCUT2D eigenvalue weighted by Crippen LogP contribution is -2.31. The third-order valence-corrected chi connectivity index (χ3v) is 4.03. The maximum atomic E-state index is 4.34. The van der Waals surface area contributed by atoms with Gasteiger partial charge in [-0.05, 0) is 28.1 Å². The van der Waals surface area contributed by atoms with E-state index in [0.717, 1.165) is 48.0 Å². The highest BCUT2D eigenvalue weighted by atomic mass is 79.9. The summed E-state index contributed by atoms with van der Waals surface area (Å²) in [4.78, 5) is 6.60. The van der Waals surface area contributed by atoms with Crippen molar-refractivity contribution in [3.05, 3.63) is 16.6 Å². The molecule has 0 spiro atoms. The largest absolute Gasteiger partial charge is 0.381 e. The zero-order valence-corrected chi connectivity index (χ0v) is 11.8. The second-order valence-corrected chi connectivity index (χ2v) is 5.24. The Labute approximate surface area is 115 Å². The number of fused-ring (bicyclic) bond motifs is 1. The summed E-state index contributed by atoms with van der Waals surface area (Å²) in [5.41, 5.74) is 3.40. The molecule has 96 valence electrons. The van der Waals surface area contributed by atoms with E-state index < -0.39 is 0 Å². The number of benzene rings is 1. The number of halogens is 1. The van der Waals surface area contributed by atoms with Crippen molar-refractivity contribution in [2.75, 3.05) is 48.8 Å². The van der Waals surface area contributed by atoms with Crippen LogP contribution in [-0.2, 0) is 0 Å². The Balaban J connectivity index is 1.92. The van der Waals surface area contributed by atoms with E-state index in [9.17, 15) is 0 Å². The van der Waals surface area contributed by atoms with Crippen LogP contribution in [-0.4, -0.2) is 39.2 Å². The van der Waals surface area contributed by atoms with E-state index in [4.69, 9.17) is 0 Å². The molecule has 3 N–H and O–H groups in total. The summed E-state index contributed by atoms with van der Waals surface area (Å²) in [6.45, 7) is 3.74. The Kier molecular flexibility index (Phi) is 3.03. The summed E-state index contributed by atoms with van der Waals surface area (Å²) in [6.07, 6.45) is 0. The SMILES string of the molecule is CN1CCNc2c1ccc(NC1=NCCN1)c2Br. The average Bonchev–Trinajstić information content (AvgIpc) is 2.86. The van der Waals surface area contributed by atoms with E-state index in [-0.39, 0.29) is 0 Å². The van der Waals surface area contributed by atoms with Crippen LogP contribution in [0, 0.1) is 0 Å². The van der Waals surface area contributed by atoms with Gasteiger partial charge in [0, 0.05) is 26.7 Å². The molecule has 0 unspecified atom stereocenters. The zero-order valence-electron chi connectivity index (χ0n) is 10.3. The number of likely N-dealkylation sites (N-methyl/N-ethyl adjacent to an activating group) is 1. The molecule has 5 nitrogen and oxygen atoms in total. The highest BCUT2D eigenvalue weighted by Gasteiger charge is 2.18. The molecule has 3 rings (SSSR count). The Morgan fingerprint density at radius 2 is 2.22 bits per heavy atom. The Morgan fingerprint density at radius 3 is 3.00 bits per heavy atom. The molecule has 6 heteroatoms. The van der Waals surface area contributed by atoms with Gasteiger partial charge in [0.25, 0.3) is 0 Å². The number of guanidine groups is 1. The summed E-state index contributed by atoms with van der Waals surface area (Å²) >= 11 is 3.67. The monoisotopic (exact) mass is 309 g/mol. The van der Waals surface area contributed by atoms with Gasteiger partial charge in [-0.2, -0.15) is 0 Å². The van der Waals surface area contributed by atoms with E-state index in [2.05, 4.69) is 61.0 Å².